The van der Waals surface area contributed by atoms with Crippen molar-refractivity contribution in [2.24, 2.45) is 0 Å². The Morgan fingerprint density at radius 2 is 2.11 bits per heavy atom. The Kier molecular flexibility index (Phi) is 6.42. The first-order valence-corrected chi connectivity index (χ1v) is 6.69. The monoisotopic (exact) mass is 305 g/mol. The molecule has 0 heterocycles. The van der Waals surface area contributed by atoms with Crippen molar-refractivity contribution < 1.29 is 14.6 Å². The second-order valence-corrected chi connectivity index (χ2v) is 5.22. The summed E-state index contributed by atoms with van der Waals surface area (Å²) in [6.07, 6.45) is 0. The van der Waals surface area contributed by atoms with Gasteiger partial charge in [-0.2, -0.15) is 0 Å². The Balaban J connectivity index is 2.49. The van der Waals surface area contributed by atoms with Crippen molar-refractivity contribution in [3.05, 3.63) is 28.2 Å². The molecule has 0 unspecified atom stereocenters. The van der Waals surface area contributed by atoms with Gasteiger partial charge in [0, 0.05) is 17.6 Å². The topological polar surface area (TPSA) is 49.8 Å². The van der Waals surface area contributed by atoms with E-state index in [2.05, 4.69) is 0 Å². The molecule has 4 nitrogen and oxygen atoms in total. The lowest BCUT2D eigenvalue weighted by Gasteiger charge is -2.24. The zero-order valence-corrected chi connectivity index (χ0v) is 12.4. The van der Waals surface area contributed by atoms with E-state index in [4.69, 9.17) is 33.0 Å². The van der Waals surface area contributed by atoms with Gasteiger partial charge in [0.25, 0.3) is 0 Å². The van der Waals surface area contributed by atoms with Gasteiger partial charge in [0.1, 0.15) is 12.4 Å². The van der Waals surface area contributed by atoms with Gasteiger partial charge in [-0.1, -0.05) is 23.2 Å². The van der Waals surface area contributed by atoms with Gasteiger partial charge in [-0.05, 0) is 32.0 Å². The fourth-order valence-electron chi connectivity index (χ4n) is 1.56. The molecule has 106 valence electrons. The molecule has 19 heavy (non-hydrogen) atoms. The third-order valence-electron chi connectivity index (χ3n) is 2.60. The van der Waals surface area contributed by atoms with Crippen LogP contribution in [0, 0.1) is 0 Å². The molecular formula is C13H17Cl2NO3. The van der Waals surface area contributed by atoms with E-state index in [1.807, 2.05) is 18.7 Å². The minimum Gasteiger partial charge on any atom is -0.491 e. The molecule has 1 aromatic carbocycles. The number of aliphatic carboxylic acids is 1. The van der Waals surface area contributed by atoms with Crippen LogP contribution >= 0.6 is 23.2 Å². The first-order chi connectivity index (χ1) is 8.90. The van der Waals surface area contributed by atoms with Gasteiger partial charge in [0.2, 0.25) is 0 Å². The normalized spacial score (nSPS) is 11.1. The lowest BCUT2D eigenvalue weighted by atomic mass is 10.3. The van der Waals surface area contributed by atoms with Crippen molar-refractivity contribution in [1.82, 2.24) is 4.90 Å². The summed E-state index contributed by atoms with van der Waals surface area (Å²) in [5.74, 6) is -0.302. The maximum Gasteiger partial charge on any atom is 0.317 e. The number of hydrogen-bond acceptors (Lipinski definition) is 3. The van der Waals surface area contributed by atoms with Crippen LogP contribution in [0.1, 0.15) is 13.8 Å². The molecule has 0 saturated carbocycles. The molecule has 0 aliphatic heterocycles. The molecule has 1 rings (SSSR count). The van der Waals surface area contributed by atoms with Crippen LogP contribution in [0.25, 0.3) is 0 Å². The highest BCUT2D eigenvalue weighted by Crippen LogP contribution is 2.27. The van der Waals surface area contributed by atoms with Crippen molar-refractivity contribution in [2.45, 2.75) is 19.9 Å². The molecule has 0 bridgehead atoms. The zero-order chi connectivity index (χ0) is 14.4. The van der Waals surface area contributed by atoms with Crippen molar-refractivity contribution in [2.75, 3.05) is 19.7 Å². The summed E-state index contributed by atoms with van der Waals surface area (Å²) in [7, 11) is 0. The number of hydrogen-bond donors (Lipinski definition) is 1. The van der Waals surface area contributed by atoms with Crippen molar-refractivity contribution in [3.8, 4) is 5.75 Å². The van der Waals surface area contributed by atoms with Crippen LogP contribution in [0.2, 0.25) is 10.0 Å². The third kappa shape index (κ3) is 5.68. The fraction of sp³-hybridized carbons (Fsp3) is 0.462. The van der Waals surface area contributed by atoms with E-state index in [0.717, 1.165) is 0 Å². The molecule has 0 amide bonds. The van der Waals surface area contributed by atoms with Crippen LogP contribution in [-0.4, -0.2) is 41.7 Å². The van der Waals surface area contributed by atoms with Crippen LogP contribution in [-0.2, 0) is 4.79 Å². The summed E-state index contributed by atoms with van der Waals surface area (Å²) in [6, 6.07) is 5.14. The van der Waals surface area contributed by atoms with E-state index in [9.17, 15) is 4.79 Å². The fourth-order valence-corrected chi connectivity index (χ4v) is 2.02. The van der Waals surface area contributed by atoms with Gasteiger partial charge in [-0.15, -0.1) is 0 Å². The second kappa shape index (κ2) is 7.58. The Bertz CT molecular complexity index is 438. The third-order valence-corrected chi connectivity index (χ3v) is 3.13. The maximum absolute atomic E-state index is 10.7. The highest BCUT2D eigenvalue weighted by Gasteiger charge is 2.13. The number of nitrogens with zero attached hydrogens (tertiary/aromatic N) is 1. The van der Waals surface area contributed by atoms with Gasteiger partial charge >= 0.3 is 5.97 Å². The summed E-state index contributed by atoms with van der Waals surface area (Å²) in [5, 5.41) is 9.80. The second-order valence-electron chi connectivity index (χ2n) is 4.38. The highest BCUT2D eigenvalue weighted by atomic mass is 35.5. The number of ether oxygens (including phenoxy) is 1. The van der Waals surface area contributed by atoms with Crippen molar-refractivity contribution in [3.63, 3.8) is 0 Å². The van der Waals surface area contributed by atoms with E-state index in [1.54, 1.807) is 18.2 Å². The minimum absolute atomic E-state index is 0.00459. The summed E-state index contributed by atoms with van der Waals surface area (Å²) in [5.41, 5.74) is 0. The number of rotatable bonds is 7. The lowest BCUT2D eigenvalue weighted by Crippen LogP contribution is -2.38. The molecular weight excluding hydrogens is 289 g/mol. The number of carbonyl (C=O) groups is 1. The number of carboxylic acids is 1. The first kappa shape index (κ1) is 16.1. The van der Waals surface area contributed by atoms with Gasteiger partial charge < -0.3 is 9.84 Å². The molecule has 0 fully saturated rings. The quantitative estimate of drug-likeness (QED) is 0.840. The van der Waals surface area contributed by atoms with E-state index in [0.29, 0.717) is 28.9 Å². The molecule has 0 saturated heterocycles. The molecule has 1 aromatic rings. The molecule has 0 aromatic heterocycles. The van der Waals surface area contributed by atoms with Crippen LogP contribution in [0.4, 0.5) is 0 Å². The Morgan fingerprint density at radius 1 is 1.42 bits per heavy atom. The lowest BCUT2D eigenvalue weighted by molar-refractivity contribution is -0.138. The average molecular weight is 306 g/mol. The number of benzene rings is 1. The highest BCUT2D eigenvalue weighted by molar-refractivity contribution is 6.35. The Morgan fingerprint density at radius 3 is 2.63 bits per heavy atom. The number of carboxylic acid groups (broad SMARTS) is 1. The largest absolute Gasteiger partial charge is 0.491 e. The van der Waals surface area contributed by atoms with Crippen LogP contribution in [0.3, 0.4) is 0 Å². The molecule has 1 N–H and O–H groups in total. The van der Waals surface area contributed by atoms with Gasteiger partial charge in [0.05, 0.1) is 11.6 Å². The molecule has 0 radical (unpaired) electrons. The predicted molar refractivity (Wildman–Crippen MR) is 76.3 cm³/mol. The van der Waals surface area contributed by atoms with Crippen molar-refractivity contribution >= 4 is 29.2 Å². The van der Waals surface area contributed by atoms with Gasteiger partial charge in [0.15, 0.2) is 0 Å². The van der Waals surface area contributed by atoms with E-state index >= 15 is 0 Å². The van der Waals surface area contributed by atoms with Gasteiger partial charge in [-0.3, -0.25) is 9.69 Å². The standard InChI is InChI=1S/C13H17Cl2NO3/c1-9(2)16(8-13(17)18)5-6-19-12-4-3-10(14)7-11(12)15/h3-4,7,9H,5-6,8H2,1-2H3,(H,17,18). The molecule has 6 heteroatoms. The minimum atomic E-state index is -0.849. The van der Waals surface area contributed by atoms with Crippen LogP contribution in [0.5, 0.6) is 5.75 Å². The summed E-state index contributed by atoms with van der Waals surface area (Å²) < 4.78 is 5.53. The van der Waals surface area contributed by atoms with E-state index in [1.165, 1.54) is 0 Å². The smallest absolute Gasteiger partial charge is 0.317 e. The Labute approximate surface area is 122 Å². The van der Waals surface area contributed by atoms with Crippen LogP contribution < -0.4 is 4.74 Å². The van der Waals surface area contributed by atoms with E-state index in [-0.39, 0.29) is 12.6 Å². The van der Waals surface area contributed by atoms with E-state index < -0.39 is 5.97 Å². The zero-order valence-electron chi connectivity index (χ0n) is 10.9. The van der Waals surface area contributed by atoms with Gasteiger partial charge in [-0.25, -0.2) is 0 Å². The summed E-state index contributed by atoms with van der Waals surface area (Å²) in [4.78, 5) is 12.5. The average Bonchev–Trinajstić information content (AvgIpc) is 2.29. The molecule has 0 aliphatic carbocycles. The molecule has 0 atom stereocenters. The summed E-state index contributed by atoms with van der Waals surface area (Å²) in [6.45, 7) is 4.77. The molecule has 0 spiro atoms. The predicted octanol–water partition coefficient (Wildman–Crippen LogP) is 3.17. The van der Waals surface area contributed by atoms with Crippen LogP contribution in [0.15, 0.2) is 18.2 Å². The first-order valence-electron chi connectivity index (χ1n) is 5.94. The van der Waals surface area contributed by atoms with Crippen molar-refractivity contribution in [1.29, 1.82) is 0 Å². The number of halogens is 2. The maximum atomic E-state index is 10.7. The SMILES string of the molecule is CC(C)N(CCOc1ccc(Cl)cc1Cl)CC(=O)O. The Hall–Kier alpha value is -0.970. The molecule has 0 aliphatic rings. The summed E-state index contributed by atoms with van der Waals surface area (Å²) >= 11 is 11.8.